The summed E-state index contributed by atoms with van der Waals surface area (Å²) in [6.45, 7) is 2.69. The van der Waals surface area contributed by atoms with Gasteiger partial charge in [0.15, 0.2) is 0 Å². The minimum Gasteiger partial charge on any atom is -0.480 e. The molecule has 1 aromatic carbocycles. The van der Waals surface area contributed by atoms with Crippen LogP contribution in [0, 0.1) is 0 Å². The lowest BCUT2D eigenvalue weighted by Crippen LogP contribution is -2.54. The number of nitrogens with zero attached hydrogens (tertiary/aromatic N) is 3. The minimum absolute atomic E-state index is 0.0421. The Morgan fingerprint density at radius 2 is 1.83 bits per heavy atom. The molecule has 1 aliphatic carbocycles. The van der Waals surface area contributed by atoms with Crippen molar-refractivity contribution in [3.63, 3.8) is 0 Å². The first kappa shape index (κ1) is 20.8. The summed E-state index contributed by atoms with van der Waals surface area (Å²) in [4.78, 5) is 31.8. The summed E-state index contributed by atoms with van der Waals surface area (Å²) in [5.74, 6) is -0.963. The first-order valence-corrected chi connectivity index (χ1v) is 9.87. The number of aliphatic carboxylic acids is 1. The predicted octanol–water partition coefficient (Wildman–Crippen LogP) is 2.48. The molecule has 2 aromatic rings. The molecule has 154 valence electrons. The molecule has 0 radical (unpaired) electrons. The third-order valence-corrected chi connectivity index (χ3v) is 5.43. The molecule has 0 spiro atoms. The van der Waals surface area contributed by atoms with E-state index < -0.39 is 5.97 Å². The standard InChI is InChI=1S/C22H28N4O3/c1-4-26(14-21(27)28)20-10-18(11-20)24-22(29)17-9-16(12-23-13-17)15-5-7-19(8-6-15)25(2)3/h5-9,12-13,18,20H,4,10-11,14H2,1-3H3,(H,24,29)(H,27,28). The van der Waals surface area contributed by atoms with Crippen LogP contribution in [0.5, 0.6) is 0 Å². The Morgan fingerprint density at radius 1 is 1.14 bits per heavy atom. The van der Waals surface area contributed by atoms with Crippen LogP contribution in [-0.2, 0) is 4.79 Å². The van der Waals surface area contributed by atoms with Crippen LogP contribution in [-0.4, -0.2) is 66.1 Å². The van der Waals surface area contributed by atoms with E-state index in [-0.39, 0.29) is 24.5 Å². The highest BCUT2D eigenvalue weighted by molar-refractivity contribution is 5.95. The van der Waals surface area contributed by atoms with Crippen LogP contribution in [0.15, 0.2) is 42.7 Å². The van der Waals surface area contributed by atoms with Crippen molar-refractivity contribution >= 4 is 17.6 Å². The van der Waals surface area contributed by atoms with Gasteiger partial charge in [-0.05, 0) is 43.1 Å². The number of carbonyl (C=O) groups excluding carboxylic acids is 1. The van der Waals surface area contributed by atoms with Crippen LogP contribution in [0.25, 0.3) is 11.1 Å². The van der Waals surface area contributed by atoms with Gasteiger partial charge in [0, 0.05) is 49.8 Å². The van der Waals surface area contributed by atoms with E-state index in [1.807, 2.05) is 61.2 Å². The maximum absolute atomic E-state index is 12.6. The Balaban J connectivity index is 1.60. The quantitative estimate of drug-likeness (QED) is 0.713. The molecule has 1 fully saturated rings. The van der Waals surface area contributed by atoms with Gasteiger partial charge >= 0.3 is 5.97 Å². The van der Waals surface area contributed by atoms with E-state index in [0.29, 0.717) is 12.1 Å². The van der Waals surface area contributed by atoms with Gasteiger partial charge in [0.25, 0.3) is 5.91 Å². The minimum atomic E-state index is -0.819. The zero-order valence-electron chi connectivity index (χ0n) is 17.1. The van der Waals surface area contributed by atoms with Crippen LogP contribution in [0.4, 0.5) is 5.69 Å². The zero-order valence-corrected chi connectivity index (χ0v) is 17.1. The summed E-state index contributed by atoms with van der Waals surface area (Å²) in [6, 6.07) is 10.2. The van der Waals surface area contributed by atoms with Crippen LogP contribution in [0.2, 0.25) is 0 Å². The van der Waals surface area contributed by atoms with Gasteiger partial charge in [-0.2, -0.15) is 0 Å². The van der Waals surface area contributed by atoms with E-state index in [0.717, 1.165) is 29.7 Å². The Kier molecular flexibility index (Phi) is 6.49. The van der Waals surface area contributed by atoms with E-state index in [1.165, 1.54) is 0 Å². The topological polar surface area (TPSA) is 85.8 Å². The fraction of sp³-hybridized carbons (Fsp3) is 0.409. The average molecular weight is 396 g/mol. The van der Waals surface area contributed by atoms with Gasteiger partial charge in [0.1, 0.15) is 0 Å². The first-order valence-electron chi connectivity index (χ1n) is 9.87. The van der Waals surface area contributed by atoms with E-state index in [1.54, 1.807) is 12.4 Å². The molecule has 2 N–H and O–H groups in total. The molecule has 0 saturated heterocycles. The summed E-state index contributed by atoms with van der Waals surface area (Å²) in [5.41, 5.74) is 3.54. The van der Waals surface area contributed by atoms with Crippen LogP contribution >= 0.6 is 0 Å². The molecule has 0 aliphatic heterocycles. The molecule has 1 amide bonds. The zero-order chi connectivity index (χ0) is 21.0. The number of amides is 1. The van der Waals surface area contributed by atoms with Crippen molar-refractivity contribution in [2.45, 2.75) is 31.8 Å². The Hall–Kier alpha value is -2.93. The van der Waals surface area contributed by atoms with E-state index in [2.05, 4.69) is 10.3 Å². The number of aromatic nitrogens is 1. The summed E-state index contributed by atoms with van der Waals surface area (Å²) < 4.78 is 0. The molecule has 0 unspecified atom stereocenters. The van der Waals surface area contributed by atoms with Crippen molar-refractivity contribution in [3.05, 3.63) is 48.3 Å². The first-order chi connectivity index (χ1) is 13.9. The number of carboxylic acid groups (broad SMARTS) is 1. The van der Waals surface area contributed by atoms with Crippen molar-refractivity contribution < 1.29 is 14.7 Å². The van der Waals surface area contributed by atoms with Crippen molar-refractivity contribution in [1.82, 2.24) is 15.2 Å². The fourth-order valence-corrected chi connectivity index (χ4v) is 3.62. The molecule has 1 heterocycles. The number of nitrogens with one attached hydrogen (secondary N) is 1. The molecular formula is C22H28N4O3. The smallest absolute Gasteiger partial charge is 0.317 e. The lowest BCUT2D eigenvalue weighted by molar-refractivity contribution is -0.139. The van der Waals surface area contributed by atoms with Gasteiger partial charge in [-0.25, -0.2) is 0 Å². The fourth-order valence-electron chi connectivity index (χ4n) is 3.62. The van der Waals surface area contributed by atoms with Crippen LogP contribution in [0.3, 0.4) is 0 Å². The van der Waals surface area contributed by atoms with Crippen molar-refractivity contribution in [2.75, 3.05) is 32.1 Å². The van der Waals surface area contributed by atoms with E-state index in [4.69, 9.17) is 5.11 Å². The van der Waals surface area contributed by atoms with Gasteiger partial charge in [-0.15, -0.1) is 0 Å². The van der Waals surface area contributed by atoms with E-state index in [9.17, 15) is 9.59 Å². The molecule has 7 nitrogen and oxygen atoms in total. The third kappa shape index (κ3) is 5.12. The molecule has 1 aromatic heterocycles. The maximum atomic E-state index is 12.6. The molecule has 3 rings (SSSR count). The number of carboxylic acids is 1. The molecule has 1 aliphatic rings. The molecule has 7 heteroatoms. The second-order valence-corrected chi connectivity index (χ2v) is 7.66. The highest BCUT2D eigenvalue weighted by Crippen LogP contribution is 2.26. The van der Waals surface area contributed by atoms with Crippen molar-refractivity contribution in [1.29, 1.82) is 0 Å². The SMILES string of the molecule is CCN(CC(=O)O)C1CC(NC(=O)c2cncc(-c3ccc(N(C)C)cc3)c2)C1. The highest BCUT2D eigenvalue weighted by Gasteiger charge is 2.34. The molecular weight excluding hydrogens is 368 g/mol. The number of carbonyl (C=O) groups is 2. The number of rotatable bonds is 8. The van der Waals surface area contributed by atoms with Gasteiger partial charge in [0.05, 0.1) is 12.1 Å². The summed E-state index contributed by atoms with van der Waals surface area (Å²) >= 11 is 0. The van der Waals surface area contributed by atoms with Gasteiger partial charge in [-0.3, -0.25) is 19.5 Å². The van der Waals surface area contributed by atoms with E-state index >= 15 is 0 Å². The summed E-state index contributed by atoms with van der Waals surface area (Å²) in [6.07, 6.45) is 4.87. The number of hydrogen-bond acceptors (Lipinski definition) is 5. The monoisotopic (exact) mass is 396 g/mol. The predicted molar refractivity (Wildman–Crippen MR) is 113 cm³/mol. The maximum Gasteiger partial charge on any atom is 0.317 e. The van der Waals surface area contributed by atoms with Crippen molar-refractivity contribution in [3.8, 4) is 11.1 Å². The molecule has 0 atom stereocenters. The number of benzene rings is 1. The Morgan fingerprint density at radius 3 is 2.41 bits per heavy atom. The van der Waals surface area contributed by atoms with Crippen LogP contribution in [0.1, 0.15) is 30.1 Å². The Labute approximate surface area is 171 Å². The molecule has 29 heavy (non-hydrogen) atoms. The number of anilines is 1. The van der Waals surface area contributed by atoms with Gasteiger partial charge in [-0.1, -0.05) is 19.1 Å². The average Bonchev–Trinajstić information content (AvgIpc) is 2.68. The van der Waals surface area contributed by atoms with Crippen LogP contribution < -0.4 is 10.2 Å². The second-order valence-electron chi connectivity index (χ2n) is 7.66. The third-order valence-electron chi connectivity index (χ3n) is 5.43. The lowest BCUT2D eigenvalue weighted by Gasteiger charge is -2.42. The summed E-state index contributed by atoms with van der Waals surface area (Å²) in [5, 5.41) is 12.0. The number of likely N-dealkylation sites (N-methyl/N-ethyl adjacent to an activating group) is 1. The normalized spacial score (nSPS) is 18.2. The highest BCUT2D eigenvalue weighted by atomic mass is 16.4. The number of hydrogen-bond donors (Lipinski definition) is 2. The van der Waals surface area contributed by atoms with Gasteiger partial charge < -0.3 is 15.3 Å². The largest absolute Gasteiger partial charge is 0.480 e. The second kappa shape index (κ2) is 9.05. The molecule has 0 bridgehead atoms. The van der Waals surface area contributed by atoms with Crippen molar-refractivity contribution in [2.24, 2.45) is 0 Å². The number of pyridine rings is 1. The molecule has 1 saturated carbocycles. The lowest BCUT2D eigenvalue weighted by atomic mass is 9.85. The van der Waals surface area contributed by atoms with Gasteiger partial charge in [0.2, 0.25) is 0 Å². The Bertz CT molecular complexity index is 861. The summed E-state index contributed by atoms with van der Waals surface area (Å²) in [7, 11) is 3.99.